The van der Waals surface area contributed by atoms with Gasteiger partial charge in [-0.15, -0.1) is 0 Å². The second kappa shape index (κ2) is 10.7. The van der Waals surface area contributed by atoms with Crippen LogP contribution in [0.3, 0.4) is 0 Å². The van der Waals surface area contributed by atoms with E-state index in [1.807, 2.05) is 66.4 Å². The van der Waals surface area contributed by atoms with Crippen LogP contribution in [-0.2, 0) is 16.1 Å². The Balaban J connectivity index is 1.24. The molecule has 2 aromatic rings. The summed E-state index contributed by atoms with van der Waals surface area (Å²) >= 11 is 0. The lowest BCUT2D eigenvalue weighted by atomic mass is 10.1. The Bertz CT molecular complexity index is 889. The molecule has 1 atom stereocenters. The highest BCUT2D eigenvalue weighted by Crippen LogP contribution is 2.15. The molecule has 2 saturated heterocycles. The first-order valence-corrected chi connectivity index (χ1v) is 11.4. The van der Waals surface area contributed by atoms with Gasteiger partial charge in [-0.2, -0.15) is 0 Å². The van der Waals surface area contributed by atoms with Gasteiger partial charge in [-0.3, -0.25) is 19.4 Å². The Kier molecular flexibility index (Phi) is 7.52. The van der Waals surface area contributed by atoms with Gasteiger partial charge in [-0.05, 0) is 36.8 Å². The lowest BCUT2D eigenvalue weighted by Gasteiger charge is -2.39. The van der Waals surface area contributed by atoms with Crippen LogP contribution in [0, 0.1) is 0 Å². The molecule has 32 heavy (non-hydrogen) atoms. The summed E-state index contributed by atoms with van der Waals surface area (Å²) in [5.74, 6) is 0.112. The fourth-order valence-electron chi connectivity index (χ4n) is 4.26. The van der Waals surface area contributed by atoms with Crippen LogP contribution in [0.25, 0.3) is 0 Å². The highest BCUT2D eigenvalue weighted by Gasteiger charge is 2.29. The number of rotatable bonds is 6. The van der Waals surface area contributed by atoms with Gasteiger partial charge in [0.1, 0.15) is 0 Å². The molecule has 2 fully saturated rings. The van der Waals surface area contributed by atoms with Crippen molar-refractivity contribution in [1.29, 1.82) is 0 Å². The van der Waals surface area contributed by atoms with Gasteiger partial charge in [0, 0.05) is 57.1 Å². The largest absolute Gasteiger partial charge is 0.378 e. The molecule has 7 nitrogen and oxygen atoms in total. The van der Waals surface area contributed by atoms with E-state index in [-0.39, 0.29) is 17.9 Å². The summed E-state index contributed by atoms with van der Waals surface area (Å²) < 4.78 is 5.36. The van der Waals surface area contributed by atoms with E-state index >= 15 is 0 Å². The zero-order valence-electron chi connectivity index (χ0n) is 18.7. The van der Waals surface area contributed by atoms with Gasteiger partial charge >= 0.3 is 0 Å². The van der Waals surface area contributed by atoms with Crippen LogP contribution in [0.4, 0.5) is 5.69 Å². The molecular weight excluding hydrogens is 404 g/mol. The number of benzene rings is 2. The average Bonchev–Trinajstić information content (AvgIpc) is 2.85. The highest BCUT2D eigenvalue weighted by atomic mass is 16.5. The fourth-order valence-corrected chi connectivity index (χ4v) is 4.26. The molecule has 2 aliphatic rings. The summed E-state index contributed by atoms with van der Waals surface area (Å²) in [6.07, 6.45) is 0. The first kappa shape index (κ1) is 22.5. The zero-order valence-corrected chi connectivity index (χ0v) is 18.7. The third-order valence-corrected chi connectivity index (χ3v) is 6.29. The predicted molar refractivity (Wildman–Crippen MR) is 125 cm³/mol. The number of hydrogen-bond acceptors (Lipinski definition) is 5. The van der Waals surface area contributed by atoms with Crippen molar-refractivity contribution in [1.82, 2.24) is 14.7 Å². The number of hydrogen-bond donors (Lipinski definition) is 1. The third-order valence-electron chi connectivity index (χ3n) is 6.29. The minimum Gasteiger partial charge on any atom is -0.378 e. The number of para-hydroxylation sites is 1. The number of nitrogens with zero attached hydrogens (tertiary/aromatic N) is 3. The van der Waals surface area contributed by atoms with E-state index in [0.717, 1.165) is 38.4 Å². The van der Waals surface area contributed by atoms with Gasteiger partial charge in [0.15, 0.2) is 0 Å². The number of anilines is 1. The van der Waals surface area contributed by atoms with Gasteiger partial charge in [0.05, 0.1) is 19.3 Å². The minimum atomic E-state index is -0.102. The molecule has 1 unspecified atom stereocenters. The van der Waals surface area contributed by atoms with Gasteiger partial charge < -0.3 is 15.0 Å². The van der Waals surface area contributed by atoms with Gasteiger partial charge in [-0.25, -0.2) is 0 Å². The molecule has 0 radical (unpaired) electrons. The molecular formula is C25H32N4O3. The molecule has 2 heterocycles. The molecule has 2 aliphatic heterocycles. The lowest BCUT2D eigenvalue weighted by Crippen LogP contribution is -2.55. The normalized spacial score (nSPS) is 18.8. The summed E-state index contributed by atoms with van der Waals surface area (Å²) in [4.78, 5) is 31.8. The van der Waals surface area contributed by atoms with Crippen molar-refractivity contribution in [2.24, 2.45) is 0 Å². The zero-order chi connectivity index (χ0) is 22.3. The molecule has 0 saturated carbocycles. The number of amides is 2. The Morgan fingerprint density at radius 1 is 0.906 bits per heavy atom. The number of carbonyl (C=O) groups excluding carboxylic acids is 2. The van der Waals surface area contributed by atoms with E-state index in [2.05, 4.69) is 15.1 Å². The van der Waals surface area contributed by atoms with Crippen molar-refractivity contribution in [2.75, 3.05) is 57.8 Å². The number of carbonyl (C=O) groups is 2. The van der Waals surface area contributed by atoms with Crippen LogP contribution >= 0.6 is 0 Å². The van der Waals surface area contributed by atoms with Crippen molar-refractivity contribution < 1.29 is 14.3 Å². The van der Waals surface area contributed by atoms with Gasteiger partial charge in [0.25, 0.3) is 5.91 Å². The molecule has 7 heteroatoms. The summed E-state index contributed by atoms with van der Waals surface area (Å²) in [5.41, 5.74) is 2.63. The summed E-state index contributed by atoms with van der Waals surface area (Å²) in [7, 11) is 0. The van der Waals surface area contributed by atoms with Crippen LogP contribution < -0.4 is 5.32 Å². The topological polar surface area (TPSA) is 65.1 Å². The number of ether oxygens (including phenoxy) is 1. The molecule has 4 rings (SSSR count). The standard InChI is InChI=1S/C25H32N4O3/c1-20(25(31)29-15-17-32-18-16-29)28-13-11-27(12-14-28)19-21-7-9-22(10-8-21)24(30)26-23-5-3-2-4-6-23/h2-10,20H,11-19H2,1H3,(H,26,30). The van der Waals surface area contributed by atoms with E-state index in [1.165, 1.54) is 5.56 Å². The molecule has 0 spiro atoms. The van der Waals surface area contributed by atoms with Crippen LogP contribution in [-0.4, -0.2) is 85.0 Å². The van der Waals surface area contributed by atoms with Crippen molar-refractivity contribution in [3.63, 3.8) is 0 Å². The molecule has 0 aliphatic carbocycles. The Hall–Kier alpha value is -2.74. The lowest BCUT2D eigenvalue weighted by molar-refractivity contribution is -0.141. The SMILES string of the molecule is CC(C(=O)N1CCOCC1)N1CCN(Cc2ccc(C(=O)Nc3ccccc3)cc2)CC1. The predicted octanol–water partition coefficient (Wildman–Crippen LogP) is 2.30. The Labute approximate surface area is 189 Å². The first-order chi connectivity index (χ1) is 15.6. The Morgan fingerprint density at radius 3 is 2.22 bits per heavy atom. The van der Waals surface area contributed by atoms with Crippen LogP contribution in [0.5, 0.6) is 0 Å². The van der Waals surface area contributed by atoms with E-state index in [9.17, 15) is 9.59 Å². The monoisotopic (exact) mass is 436 g/mol. The van der Waals surface area contributed by atoms with Crippen LogP contribution in [0.2, 0.25) is 0 Å². The van der Waals surface area contributed by atoms with Crippen LogP contribution in [0.1, 0.15) is 22.8 Å². The average molecular weight is 437 g/mol. The third kappa shape index (κ3) is 5.73. The van der Waals surface area contributed by atoms with Crippen molar-refractivity contribution in [3.05, 3.63) is 65.7 Å². The van der Waals surface area contributed by atoms with E-state index < -0.39 is 0 Å². The smallest absolute Gasteiger partial charge is 0.255 e. The summed E-state index contributed by atoms with van der Waals surface area (Å²) in [6.45, 7) is 9.16. The van der Waals surface area contributed by atoms with Gasteiger partial charge in [0.2, 0.25) is 5.91 Å². The second-order valence-corrected chi connectivity index (χ2v) is 8.44. The van der Waals surface area contributed by atoms with Crippen molar-refractivity contribution in [3.8, 4) is 0 Å². The van der Waals surface area contributed by atoms with Crippen molar-refractivity contribution in [2.45, 2.75) is 19.5 Å². The van der Waals surface area contributed by atoms with Crippen LogP contribution in [0.15, 0.2) is 54.6 Å². The number of nitrogens with one attached hydrogen (secondary N) is 1. The molecule has 1 N–H and O–H groups in total. The second-order valence-electron chi connectivity index (χ2n) is 8.44. The molecule has 0 aromatic heterocycles. The maximum absolute atomic E-state index is 12.8. The Morgan fingerprint density at radius 2 is 1.56 bits per heavy atom. The minimum absolute atomic E-state index is 0.0855. The molecule has 170 valence electrons. The number of morpholine rings is 1. The summed E-state index contributed by atoms with van der Waals surface area (Å²) in [5, 5.41) is 2.91. The van der Waals surface area contributed by atoms with Gasteiger partial charge in [-0.1, -0.05) is 30.3 Å². The summed E-state index contributed by atoms with van der Waals surface area (Å²) in [6, 6.07) is 17.2. The quantitative estimate of drug-likeness (QED) is 0.753. The maximum Gasteiger partial charge on any atom is 0.255 e. The molecule has 2 aromatic carbocycles. The first-order valence-electron chi connectivity index (χ1n) is 11.4. The van der Waals surface area contributed by atoms with E-state index in [0.29, 0.717) is 31.9 Å². The van der Waals surface area contributed by atoms with Crippen molar-refractivity contribution >= 4 is 17.5 Å². The fraction of sp³-hybridized carbons (Fsp3) is 0.440. The number of piperazine rings is 1. The molecule has 0 bridgehead atoms. The maximum atomic E-state index is 12.8. The highest BCUT2D eigenvalue weighted by molar-refractivity contribution is 6.04. The molecule has 2 amide bonds. The van der Waals surface area contributed by atoms with E-state index in [4.69, 9.17) is 4.74 Å². The van der Waals surface area contributed by atoms with E-state index in [1.54, 1.807) is 0 Å².